The molecular weight excluding hydrogens is 535 g/mol. The van der Waals surface area contributed by atoms with E-state index in [-0.39, 0.29) is 42.5 Å². The Bertz CT molecular complexity index is 1000. The molecule has 37 heavy (non-hydrogen) atoms. The second-order valence-electron chi connectivity index (χ2n) is 8.30. The molecule has 2 aromatic rings. The minimum Gasteiger partial charge on any atom is -0.425 e. The van der Waals surface area contributed by atoms with Crippen LogP contribution in [0.15, 0.2) is 36.4 Å². The van der Waals surface area contributed by atoms with Gasteiger partial charge >= 0.3 is 31.6 Å². The molecule has 0 heterocycles. The van der Waals surface area contributed by atoms with E-state index in [0.717, 1.165) is 0 Å². The molecule has 0 spiro atoms. The highest BCUT2D eigenvalue weighted by Gasteiger charge is 2.43. The first-order valence-electron chi connectivity index (χ1n) is 10.4. The van der Waals surface area contributed by atoms with Gasteiger partial charge in [-0.3, -0.25) is 0 Å². The number of rotatable bonds is 4. The van der Waals surface area contributed by atoms with Gasteiger partial charge in [0, 0.05) is 12.2 Å². The van der Waals surface area contributed by atoms with Crippen LogP contribution >= 0.6 is 0 Å². The number of aliphatic hydroxyl groups is 1. The average molecular weight is 556 g/mol. The molecule has 0 saturated heterocycles. The Morgan fingerprint density at radius 3 is 1.35 bits per heavy atom. The predicted octanol–water partition coefficient (Wildman–Crippen LogP) is 6.68. The first-order valence-corrected chi connectivity index (χ1v) is 10.4. The zero-order valence-corrected chi connectivity index (χ0v) is 19.6. The van der Waals surface area contributed by atoms with Crippen LogP contribution in [-0.2, 0) is 29.4 Å². The maximum Gasteiger partial charge on any atom is 0.416 e. The summed E-state index contributed by atoms with van der Waals surface area (Å²) >= 11 is 0. The molecule has 0 radical (unpaired) electrons. The topological polar surface area (TPSA) is 29.5 Å². The maximum absolute atomic E-state index is 13.5. The first-order chi connectivity index (χ1) is 16.4. The summed E-state index contributed by atoms with van der Waals surface area (Å²) in [4.78, 5) is 0. The fourth-order valence-electron chi connectivity index (χ4n) is 2.95. The average Bonchev–Trinajstić information content (AvgIpc) is 2.68. The Morgan fingerprint density at radius 2 is 1.03 bits per heavy atom. The van der Waals surface area contributed by atoms with Gasteiger partial charge in [0.2, 0.25) is 0 Å². The van der Waals surface area contributed by atoms with Gasteiger partial charge in [-0.05, 0) is 56.8 Å². The molecule has 2 aromatic carbocycles. The number of halogens is 12. The summed E-state index contributed by atoms with van der Waals surface area (Å²) in [5.41, 5.74) is -9.33. The quantitative estimate of drug-likeness (QED) is 0.337. The van der Waals surface area contributed by atoms with Crippen molar-refractivity contribution in [2.24, 2.45) is 0 Å². The molecule has 0 atom stereocenters. The molecule has 0 aliphatic heterocycles. The molecular formula is C22H21BF12O2. The lowest BCUT2D eigenvalue weighted by molar-refractivity contribution is -0.143. The van der Waals surface area contributed by atoms with Crippen molar-refractivity contribution in [3.05, 3.63) is 58.7 Å². The van der Waals surface area contributed by atoms with Gasteiger partial charge in [0.25, 0.3) is 0 Å². The lowest BCUT2D eigenvalue weighted by Crippen LogP contribution is -2.50. The fraction of sp³-hybridized carbons (Fsp3) is 0.455. The lowest BCUT2D eigenvalue weighted by atomic mass is 9.53. The minimum atomic E-state index is -5.33. The molecule has 0 amide bonds. The van der Waals surface area contributed by atoms with E-state index in [1.165, 1.54) is 13.8 Å². The van der Waals surface area contributed by atoms with Crippen molar-refractivity contribution in [1.29, 1.82) is 0 Å². The highest BCUT2D eigenvalue weighted by molar-refractivity contribution is 6.80. The van der Waals surface area contributed by atoms with Gasteiger partial charge in [-0.25, -0.2) is 0 Å². The van der Waals surface area contributed by atoms with E-state index in [0.29, 0.717) is 0 Å². The van der Waals surface area contributed by atoms with Crippen molar-refractivity contribution in [2.75, 3.05) is 0 Å². The third kappa shape index (κ3) is 9.76. The first kappa shape index (κ1) is 32.6. The van der Waals surface area contributed by atoms with Crippen LogP contribution in [0.5, 0.6) is 0 Å². The predicted molar refractivity (Wildman–Crippen MR) is 111 cm³/mol. The van der Waals surface area contributed by atoms with Crippen molar-refractivity contribution in [3.63, 3.8) is 0 Å². The van der Waals surface area contributed by atoms with Crippen LogP contribution < -0.4 is 10.9 Å². The number of aliphatic hydroxyl groups excluding tert-OH is 1. The van der Waals surface area contributed by atoms with Crippen LogP contribution in [0.4, 0.5) is 52.7 Å². The number of hydrogen-bond acceptors (Lipinski definition) is 2. The normalized spacial score (nSPS) is 13.1. The fourth-order valence-corrected chi connectivity index (χ4v) is 2.95. The Labute approximate surface area is 204 Å². The molecule has 15 heteroatoms. The number of alkyl halides is 12. The van der Waals surface area contributed by atoms with E-state index >= 15 is 0 Å². The summed E-state index contributed by atoms with van der Waals surface area (Å²) in [6.45, 7) is 3.52. The third-order valence-electron chi connectivity index (χ3n) is 4.29. The molecule has 0 aliphatic rings. The second-order valence-corrected chi connectivity index (χ2v) is 8.30. The van der Waals surface area contributed by atoms with Gasteiger partial charge in [-0.15, -0.1) is 0 Å². The van der Waals surface area contributed by atoms with E-state index in [4.69, 9.17) is 9.76 Å². The molecule has 208 valence electrons. The smallest absolute Gasteiger partial charge is 0.416 e. The largest absolute Gasteiger partial charge is 0.425 e. The lowest BCUT2D eigenvalue weighted by Gasteiger charge is -2.24. The second kappa shape index (κ2) is 11.5. The summed E-state index contributed by atoms with van der Waals surface area (Å²) in [5, 5.41) is 8.06. The van der Waals surface area contributed by atoms with Crippen LogP contribution in [0.3, 0.4) is 0 Å². The Hall–Kier alpha value is -2.42. The van der Waals surface area contributed by atoms with Gasteiger partial charge in [-0.2, -0.15) is 52.7 Å². The molecule has 0 aromatic heterocycles. The van der Waals surface area contributed by atoms with E-state index in [2.05, 4.69) is 0 Å². The van der Waals surface area contributed by atoms with Crippen molar-refractivity contribution < 1.29 is 62.4 Å². The molecule has 2 nitrogen and oxygen atoms in total. The van der Waals surface area contributed by atoms with Crippen molar-refractivity contribution in [2.45, 2.75) is 64.6 Å². The molecule has 0 bridgehead atoms. The molecule has 0 unspecified atom stereocenters. The molecule has 0 aliphatic carbocycles. The van der Waals surface area contributed by atoms with Gasteiger partial charge in [-0.1, -0.05) is 18.2 Å². The minimum absolute atomic E-state index is 0.00337. The monoisotopic (exact) mass is 556 g/mol. The molecule has 2 rings (SSSR count). The van der Waals surface area contributed by atoms with Crippen LogP contribution in [0.1, 0.15) is 49.9 Å². The van der Waals surface area contributed by atoms with Gasteiger partial charge < -0.3 is 9.76 Å². The highest BCUT2D eigenvalue weighted by atomic mass is 19.4. The van der Waals surface area contributed by atoms with Crippen molar-refractivity contribution in [1.82, 2.24) is 0 Å². The van der Waals surface area contributed by atoms with Crippen molar-refractivity contribution in [3.8, 4) is 0 Å². The van der Waals surface area contributed by atoms with Crippen LogP contribution in [0.25, 0.3) is 0 Å². The molecule has 1 N–H and O–H groups in total. The highest BCUT2D eigenvalue weighted by Crippen LogP contribution is 2.36. The van der Waals surface area contributed by atoms with E-state index < -0.39 is 70.9 Å². The number of benzene rings is 2. The van der Waals surface area contributed by atoms with Gasteiger partial charge in [0.15, 0.2) is 0 Å². The maximum atomic E-state index is 13.5. The van der Waals surface area contributed by atoms with Crippen LogP contribution in [-0.4, -0.2) is 24.2 Å². The van der Waals surface area contributed by atoms with E-state index in [9.17, 15) is 52.7 Å². The molecule has 0 saturated carbocycles. The van der Waals surface area contributed by atoms with Crippen molar-refractivity contribution >= 4 is 17.8 Å². The zero-order chi connectivity index (χ0) is 29.1. The summed E-state index contributed by atoms with van der Waals surface area (Å²) in [5.74, 6) is 0. The van der Waals surface area contributed by atoms with Crippen LogP contribution in [0, 0.1) is 0 Å². The summed E-state index contributed by atoms with van der Waals surface area (Å²) in [6, 6.07) is 0.126. The summed E-state index contributed by atoms with van der Waals surface area (Å²) in [7, 11) is 0. The Kier molecular flexibility index (Phi) is 10.2. The Morgan fingerprint density at radius 1 is 0.622 bits per heavy atom. The third-order valence-corrected chi connectivity index (χ3v) is 4.29. The zero-order valence-electron chi connectivity index (χ0n) is 19.6. The van der Waals surface area contributed by atoms with Gasteiger partial charge in [0.1, 0.15) is 0 Å². The van der Waals surface area contributed by atoms with Gasteiger partial charge in [0.05, 0.1) is 22.3 Å². The summed E-state index contributed by atoms with van der Waals surface area (Å²) < 4.78 is 164. The van der Waals surface area contributed by atoms with Crippen LogP contribution in [0.2, 0.25) is 0 Å². The Balaban J connectivity index is 0.00000159. The summed E-state index contributed by atoms with van der Waals surface area (Å²) in [6.07, 6.45) is -22.4. The SMILES string of the molecule is CC(C)O.CC(C)OB(c1cc(C(F)(F)F)cc(C(F)(F)F)c1)c1cc(C(F)(F)F)ccc1C(F)(F)F. The standard InChI is InChI=1S/C19H13BF12O.C3H8O/c1-9(2)33-20(13-6-11(17(24,25)26)5-12(7-13)18(27,28)29)15-8-10(16(21,22)23)3-4-14(15)19(30,31)32;1-3(2)4/h3-9H,1-2H3;3-4H,1-2H3. The number of hydrogen-bond donors (Lipinski definition) is 1. The van der Waals surface area contributed by atoms with E-state index in [1.54, 1.807) is 13.8 Å². The molecule has 0 fully saturated rings. The van der Waals surface area contributed by atoms with E-state index in [1.807, 2.05) is 0 Å².